The van der Waals surface area contributed by atoms with Crippen LogP contribution in [0.4, 0.5) is 0 Å². The molecule has 0 saturated carbocycles. The van der Waals surface area contributed by atoms with E-state index >= 15 is 0 Å². The lowest BCUT2D eigenvalue weighted by Gasteiger charge is -2.22. The fourth-order valence-corrected chi connectivity index (χ4v) is 0.959. The van der Waals surface area contributed by atoms with Crippen molar-refractivity contribution in [3.8, 4) is 0 Å². The molecule has 0 bridgehead atoms. The molecule has 0 saturated heterocycles. The summed E-state index contributed by atoms with van der Waals surface area (Å²) in [4.78, 5) is 22.0. The number of rotatable bonds is 5. The zero-order chi connectivity index (χ0) is 12.9. The molecule has 0 aliphatic heterocycles. The molecule has 2 atom stereocenters. The van der Waals surface area contributed by atoms with Crippen LogP contribution in [0.15, 0.2) is 0 Å². The Labute approximate surface area is 95.0 Å². The molecule has 0 aliphatic rings. The number of hydrogen-bond acceptors (Lipinski definition) is 4. The number of amides is 1. The highest BCUT2D eigenvalue weighted by Crippen LogP contribution is 1.97. The van der Waals surface area contributed by atoms with Crippen LogP contribution in [0.5, 0.6) is 0 Å². The summed E-state index contributed by atoms with van der Waals surface area (Å²) in [6.45, 7) is 7.01. The Kier molecular flexibility index (Phi) is 5.40. The molecule has 2 unspecified atom stereocenters. The first-order valence-electron chi connectivity index (χ1n) is 5.09. The number of carboxylic acid groups (broad SMARTS) is 1. The summed E-state index contributed by atoms with van der Waals surface area (Å²) < 4.78 is 0. The van der Waals surface area contributed by atoms with Gasteiger partial charge in [0.25, 0.3) is 0 Å². The van der Waals surface area contributed by atoms with Crippen LogP contribution >= 0.6 is 0 Å². The number of carbonyl (C=O) groups is 2. The SMILES string of the molecule is CC(O)C(NC(=O)CNC(C)(C)C)C(=O)O. The topological polar surface area (TPSA) is 98.7 Å². The Balaban J connectivity index is 4.17. The molecule has 0 aliphatic carbocycles. The number of aliphatic hydroxyl groups is 1. The molecule has 94 valence electrons. The van der Waals surface area contributed by atoms with Gasteiger partial charge in [-0.3, -0.25) is 4.79 Å². The van der Waals surface area contributed by atoms with Crippen LogP contribution < -0.4 is 10.6 Å². The van der Waals surface area contributed by atoms with Crippen molar-refractivity contribution in [3.63, 3.8) is 0 Å². The zero-order valence-electron chi connectivity index (χ0n) is 10.1. The van der Waals surface area contributed by atoms with E-state index in [4.69, 9.17) is 10.2 Å². The zero-order valence-corrected chi connectivity index (χ0v) is 10.1. The summed E-state index contributed by atoms with van der Waals surface area (Å²) >= 11 is 0. The van der Waals surface area contributed by atoms with E-state index < -0.39 is 24.0 Å². The molecule has 1 amide bonds. The van der Waals surface area contributed by atoms with Crippen LogP contribution in [0.2, 0.25) is 0 Å². The van der Waals surface area contributed by atoms with Crippen LogP contribution in [0.25, 0.3) is 0 Å². The minimum atomic E-state index is -1.27. The average Bonchev–Trinajstić information content (AvgIpc) is 2.08. The molecule has 16 heavy (non-hydrogen) atoms. The first-order chi connectivity index (χ1) is 7.13. The predicted octanol–water partition coefficient (Wildman–Crippen LogP) is -0.675. The van der Waals surface area contributed by atoms with Gasteiger partial charge in [0, 0.05) is 5.54 Å². The van der Waals surface area contributed by atoms with E-state index in [-0.39, 0.29) is 12.1 Å². The number of carboxylic acids is 1. The lowest BCUT2D eigenvalue weighted by atomic mass is 10.1. The van der Waals surface area contributed by atoms with Crippen LogP contribution in [0, 0.1) is 0 Å². The van der Waals surface area contributed by atoms with E-state index in [2.05, 4.69) is 10.6 Å². The largest absolute Gasteiger partial charge is 0.480 e. The van der Waals surface area contributed by atoms with Crippen LogP contribution in [-0.4, -0.2) is 46.3 Å². The van der Waals surface area contributed by atoms with Crippen LogP contribution in [0.1, 0.15) is 27.7 Å². The Bertz CT molecular complexity index is 258. The van der Waals surface area contributed by atoms with Crippen molar-refractivity contribution in [3.05, 3.63) is 0 Å². The summed E-state index contributed by atoms with van der Waals surface area (Å²) in [6.07, 6.45) is -1.13. The van der Waals surface area contributed by atoms with E-state index in [0.717, 1.165) is 0 Å². The van der Waals surface area contributed by atoms with Gasteiger partial charge in [0.1, 0.15) is 0 Å². The van der Waals surface area contributed by atoms with Gasteiger partial charge in [-0.05, 0) is 27.7 Å². The van der Waals surface area contributed by atoms with Gasteiger partial charge in [0.05, 0.1) is 12.6 Å². The summed E-state index contributed by atoms with van der Waals surface area (Å²) in [5.41, 5.74) is -0.221. The number of aliphatic hydroxyl groups excluding tert-OH is 1. The summed E-state index contributed by atoms with van der Waals surface area (Å²) in [5.74, 6) is -1.71. The quantitative estimate of drug-likeness (QED) is 0.503. The molecular formula is C10H20N2O4. The first kappa shape index (κ1) is 14.9. The third-order valence-corrected chi connectivity index (χ3v) is 1.84. The third kappa shape index (κ3) is 6.36. The van der Waals surface area contributed by atoms with Gasteiger partial charge < -0.3 is 20.8 Å². The molecule has 6 heteroatoms. The predicted molar refractivity (Wildman–Crippen MR) is 59.0 cm³/mol. The Hall–Kier alpha value is -1.14. The summed E-state index contributed by atoms with van der Waals surface area (Å²) in [6, 6.07) is -1.27. The molecule has 0 rings (SSSR count). The number of hydrogen-bond donors (Lipinski definition) is 4. The van der Waals surface area contributed by atoms with Crippen molar-refractivity contribution in [1.29, 1.82) is 0 Å². The van der Waals surface area contributed by atoms with Crippen molar-refractivity contribution < 1.29 is 19.8 Å². The maximum Gasteiger partial charge on any atom is 0.328 e. The maximum atomic E-state index is 11.4. The molecule has 0 radical (unpaired) electrons. The van der Waals surface area contributed by atoms with E-state index in [9.17, 15) is 9.59 Å². The average molecular weight is 232 g/mol. The monoisotopic (exact) mass is 232 g/mol. The third-order valence-electron chi connectivity index (χ3n) is 1.84. The van der Waals surface area contributed by atoms with Gasteiger partial charge in [-0.25, -0.2) is 4.79 Å². The molecule has 0 aromatic rings. The van der Waals surface area contributed by atoms with Gasteiger partial charge in [0.15, 0.2) is 6.04 Å². The number of aliphatic carboxylic acids is 1. The molecular weight excluding hydrogens is 212 g/mol. The molecule has 0 spiro atoms. The second kappa shape index (κ2) is 5.81. The van der Waals surface area contributed by atoms with Crippen molar-refractivity contribution in [2.75, 3.05) is 6.54 Å². The van der Waals surface area contributed by atoms with Crippen LogP contribution in [0.3, 0.4) is 0 Å². The normalized spacial score (nSPS) is 15.3. The van der Waals surface area contributed by atoms with Gasteiger partial charge in [-0.15, -0.1) is 0 Å². The second-order valence-corrected chi connectivity index (χ2v) is 4.73. The Morgan fingerprint density at radius 3 is 2.12 bits per heavy atom. The minimum absolute atomic E-state index is 0.0139. The highest BCUT2D eigenvalue weighted by atomic mass is 16.4. The lowest BCUT2D eigenvalue weighted by molar-refractivity contribution is -0.144. The summed E-state index contributed by atoms with van der Waals surface area (Å²) in [7, 11) is 0. The first-order valence-corrected chi connectivity index (χ1v) is 5.09. The van der Waals surface area contributed by atoms with Crippen molar-refractivity contribution >= 4 is 11.9 Å². The van der Waals surface area contributed by atoms with E-state index in [1.807, 2.05) is 20.8 Å². The van der Waals surface area contributed by atoms with Crippen molar-refractivity contribution in [2.24, 2.45) is 0 Å². The van der Waals surface area contributed by atoms with Gasteiger partial charge in [0.2, 0.25) is 5.91 Å². The number of nitrogens with one attached hydrogen (secondary N) is 2. The minimum Gasteiger partial charge on any atom is -0.480 e. The second-order valence-electron chi connectivity index (χ2n) is 4.73. The fourth-order valence-electron chi connectivity index (χ4n) is 0.959. The standard InChI is InChI=1S/C10H20N2O4/c1-6(13)8(9(15)16)12-7(14)5-11-10(2,3)4/h6,8,11,13H,5H2,1-4H3,(H,12,14)(H,15,16). The van der Waals surface area contributed by atoms with Gasteiger partial charge >= 0.3 is 5.97 Å². The number of carbonyl (C=O) groups excluding carboxylic acids is 1. The van der Waals surface area contributed by atoms with Gasteiger partial charge in [-0.2, -0.15) is 0 Å². The van der Waals surface area contributed by atoms with E-state index in [1.165, 1.54) is 6.92 Å². The lowest BCUT2D eigenvalue weighted by Crippen LogP contribution is -2.51. The van der Waals surface area contributed by atoms with Crippen molar-refractivity contribution in [1.82, 2.24) is 10.6 Å². The molecule has 0 fully saturated rings. The van der Waals surface area contributed by atoms with Crippen LogP contribution in [-0.2, 0) is 9.59 Å². The van der Waals surface area contributed by atoms with E-state index in [0.29, 0.717) is 0 Å². The van der Waals surface area contributed by atoms with Crippen molar-refractivity contribution in [2.45, 2.75) is 45.4 Å². The highest BCUT2D eigenvalue weighted by molar-refractivity contribution is 5.85. The molecule has 4 N–H and O–H groups in total. The molecule has 0 aromatic carbocycles. The van der Waals surface area contributed by atoms with E-state index in [1.54, 1.807) is 0 Å². The Morgan fingerprint density at radius 2 is 1.81 bits per heavy atom. The highest BCUT2D eigenvalue weighted by Gasteiger charge is 2.25. The molecule has 0 heterocycles. The molecule has 6 nitrogen and oxygen atoms in total. The van der Waals surface area contributed by atoms with Gasteiger partial charge in [-0.1, -0.05) is 0 Å². The summed E-state index contributed by atoms with van der Waals surface area (Å²) in [5, 5.41) is 23.0. The smallest absolute Gasteiger partial charge is 0.328 e. The fraction of sp³-hybridized carbons (Fsp3) is 0.800. The maximum absolute atomic E-state index is 11.4. The molecule has 0 aromatic heterocycles. The Morgan fingerprint density at radius 1 is 1.31 bits per heavy atom.